The largest absolute Gasteiger partial charge is 0.375 e. The normalized spacial score (nSPS) is 19.6. The average Bonchev–Trinajstić information content (AvgIpc) is 2.16. The Hall–Kier alpha value is -0.543. The minimum atomic E-state index is -1.19. The van der Waals surface area contributed by atoms with Crippen LogP contribution in [0, 0.1) is 0 Å². The fourth-order valence-corrected chi connectivity index (χ4v) is 3.45. The minimum Gasteiger partial charge on any atom is -0.375 e. The molecule has 80 valence electrons. The van der Waals surface area contributed by atoms with Crippen LogP contribution in [-0.2, 0) is 0 Å². The van der Waals surface area contributed by atoms with E-state index in [-0.39, 0.29) is 4.95 Å². The van der Waals surface area contributed by atoms with E-state index in [0.717, 1.165) is 0 Å². The number of hydrogen-bond acceptors (Lipinski definition) is 1. The number of nitrogens with one attached hydrogen (secondary N) is 1. The molecule has 3 heteroatoms. The molecular formula is C12H16BrNSi. The van der Waals surface area contributed by atoms with Gasteiger partial charge in [-0.25, -0.2) is 0 Å². The lowest BCUT2D eigenvalue weighted by Crippen LogP contribution is -2.38. The minimum absolute atomic E-state index is 0.258. The molecule has 1 N–H and O–H groups in total. The Morgan fingerprint density at radius 1 is 1.27 bits per heavy atom. The summed E-state index contributed by atoms with van der Waals surface area (Å²) in [4.78, 5) is 0.258. The van der Waals surface area contributed by atoms with Gasteiger partial charge in [-0.05, 0) is 23.4 Å². The molecule has 0 saturated heterocycles. The molecule has 1 aromatic rings. The molecule has 0 spiro atoms. The number of alkyl halides is 1. The first-order valence-corrected chi connectivity index (χ1v) is 9.61. The van der Waals surface area contributed by atoms with Gasteiger partial charge < -0.3 is 5.32 Å². The highest BCUT2D eigenvalue weighted by atomic mass is 79.9. The molecule has 1 aliphatic rings. The third-order valence-electron chi connectivity index (χ3n) is 2.73. The number of hydrogen-bond donors (Lipinski definition) is 1. The van der Waals surface area contributed by atoms with Gasteiger partial charge in [0.15, 0.2) is 0 Å². The van der Waals surface area contributed by atoms with Crippen LogP contribution in [0.15, 0.2) is 24.4 Å². The van der Waals surface area contributed by atoms with Crippen molar-refractivity contribution >= 4 is 35.3 Å². The Morgan fingerprint density at radius 2 is 2.00 bits per heavy atom. The van der Waals surface area contributed by atoms with Gasteiger partial charge in [0.25, 0.3) is 0 Å². The molecule has 15 heavy (non-hydrogen) atoms. The summed E-state index contributed by atoms with van der Waals surface area (Å²) in [7, 11) is -1.19. The smallest absolute Gasteiger partial charge is 0.108 e. The Bertz CT molecular complexity index is 407. The van der Waals surface area contributed by atoms with Crippen molar-refractivity contribution in [3.8, 4) is 0 Å². The first-order valence-electron chi connectivity index (χ1n) is 5.19. The molecule has 0 radical (unpaired) electrons. The molecule has 1 atom stereocenters. The van der Waals surface area contributed by atoms with Gasteiger partial charge in [-0.1, -0.05) is 59.0 Å². The summed E-state index contributed by atoms with van der Waals surface area (Å²) in [6.45, 7) is 7.14. The lowest BCUT2D eigenvalue weighted by Gasteiger charge is -2.23. The molecule has 2 rings (SSSR count). The van der Waals surface area contributed by atoms with Crippen molar-refractivity contribution in [2.45, 2.75) is 24.6 Å². The van der Waals surface area contributed by atoms with Crippen molar-refractivity contribution in [3.05, 3.63) is 35.5 Å². The van der Waals surface area contributed by atoms with Crippen molar-refractivity contribution in [1.29, 1.82) is 0 Å². The second-order valence-electron chi connectivity index (χ2n) is 4.96. The topological polar surface area (TPSA) is 12.0 Å². The fraction of sp³-hybridized carbons (Fsp3) is 0.333. The third kappa shape index (κ3) is 2.18. The van der Waals surface area contributed by atoms with E-state index in [1.807, 2.05) is 6.20 Å². The van der Waals surface area contributed by atoms with Crippen molar-refractivity contribution < 1.29 is 0 Å². The Morgan fingerprint density at radius 3 is 2.67 bits per heavy atom. The second-order valence-corrected chi connectivity index (χ2v) is 10.9. The van der Waals surface area contributed by atoms with E-state index >= 15 is 0 Å². The molecule has 1 aliphatic heterocycles. The summed E-state index contributed by atoms with van der Waals surface area (Å²) >= 11 is 3.64. The Balaban J connectivity index is 2.50. The predicted molar refractivity (Wildman–Crippen MR) is 73.3 cm³/mol. The van der Waals surface area contributed by atoms with E-state index in [2.05, 4.69) is 65.2 Å². The molecule has 0 bridgehead atoms. The van der Waals surface area contributed by atoms with Gasteiger partial charge >= 0.3 is 0 Å². The van der Waals surface area contributed by atoms with Crippen molar-refractivity contribution in [2.75, 3.05) is 0 Å². The predicted octanol–water partition coefficient (Wildman–Crippen LogP) is 3.20. The summed E-state index contributed by atoms with van der Waals surface area (Å²) in [6, 6.07) is 6.85. The first kappa shape index (κ1) is 11.0. The zero-order valence-corrected chi connectivity index (χ0v) is 11.9. The summed E-state index contributed by atoms with van der Waals surface area (Å²) in [5.41, 5.74) is 2.68. The first-order chi connectivity index (χ1) is 6.98. The van der Waals surface area contributed by atoms with Crippen LogP contribution in [0.5, 0.6) is 0 Å². The molecular weight excluding hydrogens is 266 g/mol. The van der Waals surface area contributed by atoms with E-state index in [4.69, 9.17) is 0 Å². The molecule has 1 aromatic carbocycles. The van der Waals surface area contributed by atoms with Crippen LogP contribution in [0.1, 0.15) is 16.1 Å². The van der Waals surface area contributed by atoms with Gasteiger partial charge in [-0.15, -0.1) is 0 Å². The molecule has 0 aromatic heterocycles. The second kappa shape index (κ2) is 3.80. The van der Waals surface area contributed by atoms with Crippen LogP contribution in [-0.4, -0.2) is 8.07 Å². The molecule has 0 amide bonds. The van der Waals surface area contributed by atoms with E-state index < -0.39 is 8.07 Å². The van der Waals surface area contributed by atoms with Crippen LogP contribution in [0.4, 0.5) is 0 Å². The maximum absolute atomic E-state index is 3.64. The van der Waals surface area contributed by atoms with Crippen molar-refractivity contribution in [2.24, 2.45) is 0 Å². The van der Waals surface area contributed by atoms with Gasteiger partial charge in [0, 0.05) is 0 Å². The van der Waals surface area contributed by atoms with Crippen LogP contribution in [0.3, 0.4) is 0 Å². The van der Waals surface area contributed by atoms with Gasteiger partial charge in [0.2, 0.25) is 0 Å². The zero-order chi connectivity index (χ0) is 11.1. The number of rotatable bonds is 1. The fourth-order valence-electron chi connectivity index (χ4n) is 1.72. The molecule has 1 nitrogen and oxygen atoms in total. The molecule has 0 fully saturated rings. The van der Waals surface area contributed by atoms with Gasteiger partial charge in [0.1, 0.15) is 4.95 Å². The Labute approximate surface area is 101 Å². The molecule has 1 unspecified atom stereocenters. The number of fused-ring (bicyclic) bond motifs is 1. The van der Waals surface area contributed by atoms with Gasteiger partial charge in [0.05, 0.1) is 8.07 Å². The van der Waals surface area contributed by atoms with Crippen molar-refractivity contribution in [1.82, 2.24) is 5.32 Å². The SMILES string of the molecule is C[Si](C)(C)c1ccc2c(c1)C(Br)NC=C2. The summed E-state index contributed by atoms with van der Waals surface area (Å²) in [6.07, 6.45) is 4.12. The summed E-state index contributed by atoms with van der Waals surface area (Å²) in [5.74, 6) is 0. The lowest BCUT2D eigenvalue weighted by atomic mass is 10.1. The van der Waals surface area contributed by atoms with Crippen LogP contribution in [0.2, 0.25) is 19.6 Å². The highest BCUT2D eigenvalue weighted by molar-refractivity contribution is 9.09. The van der Waals surface area contributed by atoms with Crippen LogP contribution >= 0.6 is 15.9 Å². The van der Waals surface area contributed by atoms with E-state index in [9.17, 15) is 0 Å². The standard InChI is InChI=1S/C12H16BrNSi/c1-15(2,3)10-5-4-9-6-7-14-12(13)11(9)8-10/h4-8,12,14H,1-3H3. The molecule has 0 saturated carbocycles. The van der Waals surface area contributed by atoms with Crippen LogP contribution < -0.4 is 10.5 Å². The third-order valence-corrected chi connectivity index (χ3v) is 5.53. The number of halogens is 1. The molecule has 1 heterocycles. The highest BCUT2D eigenvalue weighted by Crippen LogP contribution is 2.27. The van der Waals surface area contributed by atoms with E-state index in [1.165, 1.54) is 16.3 Å². The van der Waals surface area contributed by atoms with E-state index in [1.54, 1.807) is 0 Å². The maximum Gasteiger partial charge on any atom is 0.108 e. The van der Waals surface area contributed by atoms with Crippen molar-refractivity contribution in [3.63, 3.8) is 0 Å². The summed E-state index contributed by atoms with van der Waals surface area (Å²) < 4.78 is 0. The summed E-state index contributed by atoms with van der Waals surface area (Å²) in [5, 5.41) is 4.78. The monoisotopic (exact) mass is 281 g/mol. The molecule has 0 aliphatic carbocycles. The Kier molecular flexibility index (Phi) is 2.77. The number of benzene rings is 1. The van der Waals surface area contributed by atoms with Gasteiger partial charge in [-0.2, -0.15) is 0 Å². The van der Waals surface area contributed by atoms with E-state index in [0.29, 0.717) is 0 Å². The quantitative estimate of drug-likeness (QED) is 0.474. The highest BCUT2D eigenvalue weighted by Gasteiger charge is 2.20. The van der Waals surface area contributed by atoms with Gasteiger partial charge in [-0.3, -0.25) is 0 Å². The maximum atomic E-state index is 3.64. The average molecular weight is 282 g/mol. The lowest BCUT2D eigenvalue weighted by molar-refractivity contribution is 0.849. The van der Waals surface area contributed by atoms with Crippen LogP contribution in [0.25, 0.3) is 6.08 Å². The zero-order valence-electron chi connectivity index (χ0n) is 9.34.